The molecule has 2 N–H and O–H groups in total. The van der Waals surface area contributed by atoms with Crippen molar-refractivity contribution in [3.8, 4) is 0 Å². The lowest BCUT2D eigenvalue weighted by atomic mass is 9.98. The average Bonchev–Trinajstić information content (AvgIpc) is 2.71. The highest BCUT2D eigenvalue weighted by Gasteiger charge is 2.30. The zero-order chi connectivity index (χ0) is 15.6. The minimum absolute atomic E-state index is 0.0861. The minimum Gasteiger partial charge on any atom is -0.325 e. The maximum atomic E-state index is 12.4. The number of hydrogen-bond donors (Lipinski definition) is 2. The van der Waals surface area contributed by atoms with Crippen LogP contribution in [0.2, 0.25) is 5.02 Å². The lowest BCUT2D eigenvalue weighted by Crippen LogP contribution is -2.23. The number of anilines is 1. The highest BCUT2D eigenvalue weighted by atomic mass is 35.5. The molecule has 2 rings (SSSR count). The van der Waals surface area contributed by atoms with Crippen molar-refractivity contribution in [2.45, 2.75) is 38.4 Å². The molecule has 1 unspecified atom stereocenters. The van der Waals surface area contributed by atoms with Crippen LogP contribution in [0.5, 0.6) is 0 Å². The summed E-state index contributed by atoms with van der Waals surface area (Å²) in [6, 6.07) is 2.85. The molecule has 0 bridgehead atoms. The lowest BCUT2D eigenvalue weighted by Gasteiger charge is -2.21. The van der Waals surface area contributed by atoms with Crippen molar-refractivity contribution in [3.63, 3.8) is 0 Å². The molecule has 0 aliphatic carbocycles. The van der Waals surface area contributed by atoms with Crippen LogP contribution < -0.4 is 10.6 Å². The Kier molecular flexibility index (Phi) is 4.78. The van der Waals surface area contributed by atoms with Gasteiger partial charge in [-0.2, -0.15) is 13.2 Å². The van der Waals surface area contributed by atoms with Gasteiger partial charge in [0.25, 0.3) is 0 Å². The quantitative estimate of drug-likeness (QED) is 0.865. The Labute approximate surface area is 125 Å². The van der Waals surface area contributed by atoms with Gasteiger partial charge in [-0.25, -0.2) is 0 Å². The Morgan fingerprint density at radius 3 is 2.76 bits per heavy atom. The molecule has 1 amide bonds. The highest BCUT2D eigenvalue weighted by molar-refractivity contribution is 6.32. The van der Waals surface area contributed by atoms with Crippen molar-refractivity contribution in [3.05, 3.63) is 28.3 Å². The summed E-state index contributed by atoms with van der Waals surface area (Å²) in [5.74, 6) is -0.131. The van der Waals surface area contributed by atoms with Crippen molar-refractivity contribution in [1.82, 2.24) is 5.32 Å². The molecule has 1 aromatic carbocycles. The van der Waals surface area contributed by atoms with Crippen LogP contribution >= 0.6 is 11.6 Å². The van der Waals surface area contributed by atoms with Crippen LogP contribution in [0.4, 0.5) is 18.9 Å². The van der Waals surface area contributed by atoms with Crippen LogP contribution in [0.3, 0.4) is 0 Å². The second-order valence-corrected chi connectivity index (χ2v) is 5.43. The van der Waals surface area contributed by atoms with Gasteiger partial charge in [0.1, 0.15) is 0 Å². The Morgan fingerprint density at radius 2 is 2.14 bits per heavy atom. The molecule has 1 aromatic rings. The van der Waals surface area contributed by atoms with Gasteiger partial charge in [0, 0.05) is 23.2 Å². The second-order valence-electron chi connectivity index (χ2n) is 5.02. The number of rotatable bonds is 5. The van der Waals surface area contributed by atoms with Crippen molar-refractivity contribution in [2.75, 3.05) is 11.9 Å². The average molecular weight is 321 g/mol. The largest absolute Gasteiger partial charge is 0.389 e. The molecule has 1 aliphatic rings. The van der Waals surface area contributed by atoms with E-state index in [2.05, 4.69) is 10.6 Å². The zero-order valence-electron chi connectivity index (χ0n) is 11.5. The fourth-order valence-corrected chi connectivity index (χ4v) is 2.75. The van der Waals surface area contributed by atoms with E-state index in [-0.39, 0.29) is 18.7 Å². The number of carbonyl (C=O) groups excluding carboxylic acids is 1. The molecule has 21 heavy (non-hydrogen) atoms. The molecule has 116 valence electrons. The number of halogens is 4. The van der Waals surface area contributed by atoms with E-state index < -0.39 is 18.6 Å². The van der Waals surface area contributed by atoms with E-state index in [9.17, 15) is 18.0 Å². The van der Waals surface area contributed by atoms with Crippen LogP contribution in [0.15, 0.2) is 12.1 Å². The van der Waals surface area contributed by atoms with E-state index in [1.165, 1.54) is 0 Å². The summed E-state index contributed by atoms with van der Waals surface area (Å²) >= 11 is 6.16. The van der Waals surface area contributed by atoms with E-state index in [4.69, 9.17) is 11.6 Å². The molecule has 0 saturated heterocycles. The summed E-state index contributed by atoms with van der Waals surface area (Å²) in [6.07, 6.45) is -4.93. The van der Waals surface area contributed by atoms with Gasteiger partial charge in [-0.15, -0.1) is 0 Å². The molecule has 3 nitrogen and oxygen atoms in total. The first-order valence-corrected chi connectivity index (χ1v) is 7.10. The van der Waals surface area contributed by atoms with E-state index >= 15 is 0 Å². The normalized spacial score (nSPS) is 15.8. The zero-order valence-corrected chi connectivity index (χ0v) is 12.2. The van der Waals surface area contributed by atoms with E-state index in [1.54, 1.807) is 12.1 Å². The van der Waals surface area contributed by atoms with Crippen molar-refractivity contribution in [2.24, 2.45) is 0 Å². The predicted octanol–water partition coefficient (Wildman–Crippen LogP) is 3.83. The van der Waals surface area contributed by atoms with Crippen LogP contribution in [0, 0.1) is 0 Å². The van der Waals surface area contributed by atoms with E-state index in [0.717, 1.165) is 5.56 Å². The molecule has 1 heterocycles. The Hall–Kier alpha value is -1.27. The molecule has 0 spiro atoms. The van der Waals surface area contributed by atoms with Gasteiger partial charge >= 0.3 is 6.18 Å². The van der Waals surface area contributed by atoms with Gasteiger partial charge in [0.05, 0.1) is 6.42 Å². The number of nitrogens with one attached hydrogen (secondary N) is 2. The third-order valence-electron chi connectivity index (χ3n) is 3.39. The Bertz CT molecular complexity index is 546. The van der Waals surface area contributed by atoms with Gasteiger partial charge in [-0.3, -0.25) is 4.79 Å². The number of carbonyl (C=O) groups is 1. The molecule has 0 saturated carbocycles. The maximum absolute atomic E-state index is 12.4. The second kappa shape index (κ2) is 6.23. The van der Waals surface area contributed by atoms with Gasteiger partial charge in [0.2, 0.25) is 5.91 Å². The molecule has 0 radical (unpaired) electrons. The SMILES string of the molecule is CCNC(CCC(F)(F)F)c1cc2c(cc1Cl)NC(=O)C2. The van der Waals surface area contributed by atoms with E-state index in [1.807, 2.05) is 6.92 Å². The smallest absolute Gasteiger partial charge is 0.325 e. The first-order valence-electron chi connectivity index (χ1n) is 6.72. The highest BCUT2D eigenvalue weighted by Crippen LogP contribution is 2.35. The van der Waals surface area contributed by atoms with Crippen LogP contribution in [0.1, 0.15) is 36.9 Å². The Balaban J connectivity index is 2.24. The van der Waals surface area contributed by atoms with Crippen molar-refractivity contribution < 1.29 is 18.0 Å². The molecule has 0 fully saturated rings. The van der Waals surface area contributed by atoms with Crippen molar-refractivity contribution >= 4 is 23.2 Å². The summed E-state index contributed by atoms with van der Waals surface area (Å²) in [6.45, 7) is 2.36. The van der Waals surface area contributed by atoms with E-state index in [0.29, 0.717) is 22.8 Å². The summed E-state index contributed by atoms with van der Waals surface area (Å²) in [4.78, 5) is 11.4. The minimum atomic E-state index is -4.20. The number of alkyl halides is 3. The molecule has 0 aromatic heterocycles. The maximum Gasteiger partial charge on any atom is 0.389 e. The molecular formula is C14H16ClF3N2O. The number of amides is 1. The fourth-order valence-electron chi connectivity index (χ4n) is 2.46. The van der Waals surface area contributed by atoms with Crippen LogP contribution in [-0.2, 0) is 11.2 Å². The summed E-state index contributed by atoms with van der Waals surface area (Å²) in [5.41, 5.74) is 2.02. The lowest BCUT2D eigenvalue weighted by molar-refractivity contribution is -0.136. The standard InChI is InChI=1S/C14H16ClF3N2O/c1-2-19-11(3-4-14(16,17)18)9-5-8-6-13(21)20-12(8)7-10(9)15/h5,7,11,19H,2-4,6H2,1H3,(H,20,21). The third kappa shape index (κ3) is 4.11. The number of fused-ring (bicyclic) bond motifs is 1. The monoisotopic (exact) mass is 320 g/mol. The summed E-state index contributed by atoms with van der Waals surface area (Å²) in [5, 5.41) is 6.06. The number of benzene rings is 1. The summed E-state index contributed by atoms with van der Waals surface area (Å²) in [7, 11) is 0. The molecular weight excluding hydrogens is 305 g/mol. The van der Waals surface area contributed by atoms with Gasteiger partial charge in [-0.05, 0) is 30.2 Å². The summed E-state index contributed by atoms with van der Waals surface area (Å²) < 4.78 is 37.3. The predicted molar refractivity (Wildman–Crippen MR) is 75.5 cm³/mol. The first kappa shape index (κ1) is 16.1. The van der Waals surface area contributed by atoms with Crippen molar-refractivity contribution in [1.29, 1.82) is 0 Å². The topological polar surface area (TPSA) is 41.1 Å². The fraction of sp³-hybridized carbons (Fsp3) is 0.500. The Morgan fingerprint density at radius 1 is 1.43 bits per heavy atom. The number of hydrogen-bond acceptors (Lipinski definition) is 2. The van der Waals surface area contributed by atoms with Gasteiger partial charge in [0.15, 0.2) is 0 Å². The van der Waals surface area contributed by atoms with Crippen LogP contribution in [0.25, 0.3) is 0 Å². The molecule has 1 atom stereocenters. The van der Waals surface area contributed by atoms with Crippen LogP contribution in [-0.4, -0.2) is 18.6 Å². The third-order valence-corrected chi connectivity index (χ3v) is 3.72. The molecule has 7 heteroatoms. The van der Waals surface area contributed by atoms with Gasteiger partial charge in [-0.1, -0.05) is 24.6 Å². The van der Waals surface area contributed by atoms with Gasteiger partial charge < -0.3 is 10.6 Å². The first-order chi connectivity index (χ1) is 9.80. The molecule has 1 aliphatic heterocycles.